The number of ether oxygens (including phenoxy) is 1. The molecule has 3 amide bonds. The molecule has 8 nitrogen and oxygen atoms in total. The number of nitrogens with one attached hydrogen (secondary N) is 2. The molecule has 0 spiro atoms. The second-order valence-corrected chi connectivity index (χ2v) is 9.56. The number of amides is 3. The van der Waals surface area contributed by atoms with Gasteiger partial charge in [0.15, 0.2) is 0 Å². The Morgan fingerprint density at radius 2 is 1.91 bits per heavy atom. The lowest BCUT2D eigenvalue weighted by Crippen LogP contribution is -2.52. The molecule has 2 atom stereocenters. The molecule has 8 heteroatoms. The van der Waals surface area contributed by atoms with Crippen LogP contribution in [0.4, 0.5) is 0 Å². The highest BCUT2D eigenvalue weighted by Crippen LogP contribution is 2.29. The molecule has 2 N–H and O–H groups in total. The van der Waals surface area contributed by atoms with Crippen LogP contribution in [0, 0.1) is 5.92 Å². The number of rotatable bonds is 6. The molecule has 3 saturated heterocycles. The maximum absolute atomic E-state index is 13.0. The monoisotopic (exact) mass is 440 g/mol. The van der Waals surface area contributed by atoms with Gasteiger partial charge in [-0.3, -0.25) is 24.6 Å². The molecular formula is C24H32N4O4. The summed E-state index contributed by atoms with van der Waals surface area (Å²) in [4.78, 5) is 40.7. The van der Waals surface area contributed by atoms with Crippen molar-refractivity contribution in [1.29, 1.82) is 0 Å². The van der Waals surface area contributed by atoms with Crippen molar-refractivity contribution in [2.24, 2.45) is 5.92 Å². The van der Waals surface area contributed by atoms with Crippen LogP contribution in [0.15, 0.2) is 18.2 Å². The van der Waals surface area contributed by atoms with Crippen molar-refractivity contribution >= 4 is 17.7 Å². The van der Waals surface area contributed by atoms with Crippen LogP contribution in [0.3, 0.4) is 0 Å². The van der Waals surface area contributed by atoms with E-state index < -0.39 is 6.04 Å². The highest BCUT2D eigenvalue weighted by Gasteiger charge is 2.39. The third-order valence-corrected chi connectivity index (χ3v) is 7.29. The minimum Gasteiger partial charge on any atom is -0.377 e. The van der Waals surface area contributed by atoms with Crippen LogP contribution >= 0.6 is 0 Å². The third-order valence-electron chi connectivity index (χ3n) is 7.29. The van der Waals surface area contributed by atoms with Crippen LogP contribution in [0.25, 0.3) is 0 Å². The molecule has 32 heavy (non-hydrogen) atoms. The number of carbonyl (C=O) groups excluding carboxylic acids is 3. The molecule has 0 aromatic heterocycles. The Kier molecular flexibility index (Phi) is 6.26. The van der Waals surface area contributed by atoms with E-state index in [2.05, 4.69) is 21.6 Å². The van der Waals surface area contributed by atoms with Gasteiger partial charge in [0.05, 0.1) is 6.10 Å². The van der Waals surface area contributed by atoms with E-state index in [4.69, 9.17) is 4.74 Å². The Hall–Kier alpha value is -2.29. The summed E-state index contributed by atoms with van der Waals surface area (Å²) in [6, 6.07) is 5.55. The number of likely N-dealkylation sites (tertiary alicyclic amines) is 1. The van der Waals surface area contributed by atoms with E-state index in [1.165, 1.54) is 0 Å². The number of nitrogens with zero attached hydrogens (tertiary/aromatic N) is 2. The first-order chi connectivity index (χ1) is 15.6. The quantitative estimate of drug-likeness (QED) is 0.643. The number of hydrogen-bond acceptors (Lipinski definition) is 6. The average Bonchev–Trinajstić information content (AvgIpc) is 3.42. The Balaban J connectivity index is 1.14. The number of carbonyl (C=O) groups is 3. The summed E-state index contributed by atoms with van der Waals surface area (Å²) in [6.45, 7) is 6.27. The normalized spacial score (nSPS) is 27.1. The zero-order chi connectivity index (χ0) is 22.1. The molecule has 0 aliphatic carbocycles. The zero-order valence-electron chi connectivity index (χ0n) is 18.5. The van der Waals surface area contributed by atoms with Crippen molar-refractivity contribution in [3.05, 3.63) is 34.9 Å². The van der Waals surface area contributed by atoms with Crippen LogP contribution in [-0.4, -0.2) is 72.5 Å². The van der Waals surface area contributed by atoms with E-state index in [1.54, 1.807) is 4.90 Å². The predicted molar refractivity (Wildman–Crippen MR) is 118 cm³/mol. The van der Waals surface area contributed by atoms with Gasteiger partial charge >= 0.3 is 0 Å². The predicted octanol–water partition coefficient (Wildman–Crippen LogP) is 1.04. The number of piperidine rings is 2. The number of benzene rings is 1. The minimum absolute atomic E-state index is 0.103. The van der Waals surface area contributed by atoms with Crippen molar-refractivity contribution in [1.82, 2.24) is 20.4 Å². The van der Waals surface area contributed by atoms with Crippen molar-refractivity contribution in [3.8, 4) is 0 Å². The van der Waals surface area contributed by atoms with Gasteiger partial charge in [0.1, 0.15) is 6.04 Å². The van der Waals surface area contributed by atoms with Gasteiger partial charge in [-0.25, -0.2) is 0 Å². The van der Waals surface area contributed by atoms with Crippen molar-refractivity contribution < 1.29 is 19.1 Å². The fraction of sp³-hybridized carbons (Fsp3) is 0.625. The molecule has 4 aliphatic heterocycles. The second-order valence-electron chi connectivity index (χ2n) is 9.56. The summed E-state index contributed by atoms with van der Waals surface area (Å²) in [6.07, 6.45) is 4.47. The van der Waals surface area contributed by atoms with Gasteiger partial charge in [-0.2, -0.15) is 0 Å². The Morgan fingerprint density at radius 3 is 2.66 bits per heavy atom. The summed E-state index contributed by atoms with van der Waals surface area (Å²) in [5.74, 6) is -0.0913. The smallest absolute Gasteiger partial charge is 0.255 e. The largest absolute Gasteiger partial charge is 0.377 e. The van der Waals surface area contributed by atoms with Gasteiger partial charge in [-0.1, -0.05) is 12.1 Å². The minimum atomic E-state index is -0.558. The fourth-order valence-electron chi connectivity index (χ4n) is 5.31. The second kappa shape index (κ2) is 9.29. The van der Waals surface area contributed by atoms with Gasteiger partial charge < -0.3 is 15.0 Å². The molecular weight excluding hydrogens is 408 g/mol. The number of fused-ring (bicyclic) bond motifs is 1. The lowest BCUT2D eigenvalue weighted by atomic mass is 9.97. The third kappa shape index (κ3) is 4.58. The molecule has 4 aliphatic rings. The molecule has 172 valence electrons. The summed E-state index contributed by atoms with van der Waals surface area (Å²) in [7, 11) is 0. The summed E-state index contributed by atoms with van der Waals surface area (Å²) >= 11 is 0. The molecule has 1 aromatic carbocycles. The van der Waals surface area contributed by atoms with Crippen LogP contribution in [-0.2, 0) is 27.4 Å². The summed E-state index contributed by atoms with van der Waals surface area (Å²) in [5, 5.41) is 5.70. The van der Waals surface area contributed by atoms with Crippen LogP contribution in [0.2, 0.25) is 0 Å². The zero-order valence-corrected chi connectivity index (χ0v) is 18.5. The first kappa shape index (κ1) is 21.6. The highest BCUT2D eigenvalue weighted by atomic mass is 16.5. The summed E-state index contributed by atoms with van der Waals surface area (Å²) in [5.41, 5.74) is 2.79. The average molecular weight is 441 g/mol. The number of imide groups is 1. The van der Waals surface area contributed by atoms with Gasteiger partial charge in [-0.15, -0.1) is 0 Å². The fourth-order valence-corrected chi connectivity index (χ4v) is 5.31. The van der Waals surface area contributed by atoms with Crippen LogP contribution in [0.1, 0.15) is 53.6 Å². The number of hydrogen-bond donors (Lipinski definition) is 2. The standard InChI is InChI=1S/C24H32N4O4/c29-22-4-3-21(23(30)26-22)28-14-18-2-1-17(11-20(18)24(28)31)13-27-9-6-16(7-10-27)15-32-19-5-8-25-12-19/h1-2,11,16,19,21,25H,3-10,12-15H2,(H,26,29,30). The molecule has 2 unspecified atom stereocenters. The lowest BCUT2D eigenvalue weighted by molar-refractivity contribution is -0.136. The first-order valence-electron chi connectivity index (χ1n) is 11.9. The van der Waals surface area contributed by atoms with Crippen molar-refractivity contribution in [2.75, 3.05) is 32.8 Å². The Morgan fingerprint density at radius 1 is 1.06 bits per heavy atom. The molecule has 0 saturated carbocycles. The molecule has 1 aromatic rings. The SMILES string of the molecule is O=C1CCC(N2Cc3ccc(CN4CCC(COC5CCNC5)CC4)cc3C2=O)C(=O)N1. The molecule has 5 rings (SSSR count). The van der Waals surface area contributed by atoms with Gasteiger partial charge in [0.25, 0.3) is 5.91 Å². The molecule has 0 bridgehead atoms. The van der Waals surface area contributed by atoms with E-state index in [-0.39, 0.29) is 24.1 Å². The van der Waals surface area contributed by atoms with Crippen molar-refractivity contribution in [2.45, 2.75) is 57.3 Å². The van der Waals surface area contributed by atoms with E-state index in [0.717, 1.165) is 69.7 Å². The highest BCUT2D eigenvalue weighted by molar-refractivity contribution is 6.05. The van der Waals surface area contributed by atoms with Gasteiger partial charge in [0.2, 0.25) is 11.8 Å². The topological polar surface area (TPSA) is 91.0 Å². The Bertz CT molecular complexity index is 890. The Labute approximate surface area is 188 Å². The first-order valence-corrected chi connectivity index (χ1v) is 11.9. The van der Waals surface area contributed by atoms with Crippen molar-refractivity contribution in [3.63, 3.8) is 0 Å². The molecule has 4 heterocycles. The van der Waals surface area contributed by atoms with Gasteiger partial charge in [-0.05, 0) is 68.4 Å². The lowest BCUT2D eigenvalue weighted by Gasteiger charge is -2.32. The van der Waals surface area contributed by atoms with E-state index in [1.807, 2.05) is 12.1 Å². The summed E-state index contributed by atoms with van der Waals surface area (Å²) < 4.78 is 6.06. The maximum atomic E-state index is 13.0. The molecule has 3 fully saturated rings. The van der Waals surface area contributed by atoms with E-state index in [0.29, 0.717) is 30.6 Å². The van der Waals surface area contributed by atoms with E-state index >= 15 is 0 Å². The van der Waals surface area contributed by atoms with Crippen LogP contribution < -0.4 is 10.6 Å². The maximum Gasteiger partial charge on any atom is 0.255 e. The van der Waals surface area contributed by atoms with Crippen LogP contribution in [0.5, 0.6) is 0 Å². The van der Waals surface area contributed by atoms with Gasteiger partial charge in [0, 0.05) is 38.2 Å². The molecule has 0 radical (unpaired) electrons. The van der Waals surface area contributed by atoms with E-state index in [9.17, 15) is 14.4 Å².